The van der Waals surface area contributed by atoms with Crippen LogP contribution in [0.5, 0.6) is 0 Å². The minimum absolute atomic E-state index is 0.00667. The van der Waals surface area contributed by atoms with Gasteiger partial charge in [0.15, 0.2) is 18.5 Å². The number of hydrogen-bond donors (Lipinski definition) is 2. The molecule has 17 heteroatoms. The van der Waals surface area contributed by atoms with Gasteiger partial charge in [0.1, 0.15) is 31.0 Å². The number of ether oxygens (including phenoxy) is 8. The van der Waals surface area contributed by atoms with Crippen LogP contribution in [0.1, 0.15) is 100 Å². The normalized spacial score (nSPS) is 28.5. The van der Waals surface area contributed by atoms with Gasteiger partial charge in [0, 0.05) is 67.0 Å². The van der Waals surface area contributed by atoms with Crippen LogP contribution in [-0.4, -0.2) is 116 Å². The number of rotatable bonds is 19. The average Bonchev–Trinajstić information content (AvgIpc) is 3.02. The summed E-state index contributed by atoms with van der Waals surface area (Å²) in [5.74, 6) is -5.53. The first kappa shape index (κ1) is 44.3. The van der Waals surface area contributed by atoms with E-state index in [1.54, 1.807) is 0 Å². The highest BCUT2D eigenvalue weighted by molar-refractivity contribution is 5.73. The second kappa shape index (κ2) is 22.3. The van der Waals surface area contributed by atoms with Crippen molar-refractivity contribution in [2.45, 2.75) is 155 Å². The molecular weight excluding hydrogens is 688 g/mol. The standard InChI is InChI=1S/C35H56N2O15/c1-9-10-11-12-13-14-15-45-35-30(36-19(2)38)33(50-24(7)43)29(28(52-35)18-47-21(4)40)37-27-16-26(17-46-20(3)39)31(48-22(5)41)34(51-25(8)44)32(27)49-23(6)42/h26-35,37H,9-18H2,1-8H3,(H,36,38)/t26-,27-,28-,29-,30-,31+,32+,33+,34+,35-/m1/s1. The minimum atomic E-state index is -1.39. The van der Waals surface area contributed by atoms with E-state index in [1.807, 2.05) is 0 Å². The molecule has 0 unspecified atom stereocenters. The summed E-state index contributed by atoms with van der Waals surface area (Å²) in [6, 6.07) is -3.14. The molecular formula is C35H56N2O15. The van der Waals surface area contributed by atoms with Gasteiger partial charge in [0.25, 0.3) is 0 Å². The lowest BCUT2D eigenvalue weighted by atomic mass is 9.78. The van der Waals surface area contributed by atoms with Gasteiger partial charge in [-0.3, -0.25) is 33.6 Å². The van der Waals surface area contributed by atoms with E-state index in [9.17, 15) is 33.6 Å². The Bertz CT molecular complexity index is 1230. The van der Waals surface area contributed by atoms with Gasteiger partial charge in [-0.1, -0.05) is 39.0 Å². The zero-order valence-corrected chi connectivity index (χ0v) is 31.5. The predicted octanol–water partition coefficient (Wildman–Crippen LogP) is 1.79. The van der Waals surface area contributed by atoms with Crippen LogP contribution in [0.4, 0.5) is 0 Å². The molecule has 0 aromatic carbocycles. The van der Waals surface area contributed by atoms with E-state index in [4.69, 9.17) is 37.9 Å². The molecule has 1 amide bonds. The molecule has 0 aromatic heterocycles. The highest BCUT2D eigenvalue weighted by Crippen LogP contribution is 2.35. The van der Waals surface area contributed by atoms with E-state index < -0.39 is 103 Å². The van der Waals surface area contributed by atoms with Crippen molar-refractivity contribution in [3.05, 3.63) is 0 Å². The SMILES string of the molecule is CCCCCCCCO[C@@H]1O[C@H](COC(C)=O)[C@@H](N[C@@H]2C[C@H](COC(C)=O)[C@H](OC(C)=O)[C@H](OC(C)=O)[C@H]2OC(C)=O)[C@H](OC(C)=O)[C@H]1NC(C)=O. The van der Waals surface area contributed by atoms with Gasteiger partial charge in [-0.15, -0.1) is 0 Å². The van der Waals surface area contributed by atoms with Gasteiger partial charge in [0.2, 0.25) is 5.91 Å². The van der Waals surface area contributed by atoms with Crippen LogP contribution >= 0.6 is 0 Å². The lowest BCUT2D eigenvalue weighted by molar-refractivity contribution is -0.255. The summed E-state index contributed by atoms with van der Waals surface area (Å²) in [5, 5.41) is 6.08. The first-order valence-electron chi connectivity index (χ1n) is 17.8. The van der Waals surface area contributed by atoms with Crippen LogP contribution in [0.25, 0.3) is 0 Å². The fraction of sp³-hybridized carbons (Fsp3) is 0.800. The molecule has 17 nitrogen and oxygen atoms in total. The summed E-state index contributed by atoms with van der Waals surface area (Å²) in [7, 11) is 0. The molecule has 1 aliphatic heterocycles. The van der Waals surface area contributed by atoms with Gasteiger partial charge in [-0.05, 0) is 12.8 Å². The zero-order valence-electron chi connectivity index (χ0n) is 31.5. The average molecular weight is 745 g/mol. The second-order valence-electron chi connectivity index (χ2n) is 13.1. The van der Waals surface area contributed by atoms with Gasteiger partial charge in [-0.25, -0.2) is 0 Å². The highest BCUT2D eigenvalue weighted by Gasteiger charge is 2.55. The summed E-state index contributed by atoms with van der Waals surface area (Å²) < 4.78 is 45.8. The number of amides is 1. The van der Waals surface area contributed by atoms with Crippen molar-refractivity contribution in [1.29, 1.82) is 0 Å². The summed E-state index contributed by atoms with van der Waals surface area (Å²) in [5.41, 5.74) is 0. The number of carbonyl (C=O) groups is 7. The Kier molecular flexibility index (Phi) is 19.0. The van der Waals surface area contributed by atoms with Crippen LogP contribution < -0.4 is 10.6 Å². The minimum Gasteiger partial charge on any atom is -0.465 e. The molecule has 0 spiro atoms. The highest BCUT2D eigenvalue weighted by atomic mass is 16.7. The van der Waals surface area contributed by atoms with Crippen LogP contribution in [0.2, 0.25) is 0 Å². The molecule has 1 aliphatic carbocycles. The third kappa shape index (κ3) is 15.0. The predicted molar refractivity (Wildman–Crippen MR) is 180 cm³/mol. The molecule has 0 bridgehead atoms. The molecule has 1 heterocycles. The fourth-order valence-electron chi connectivity index (χ4n) is 6.52. The molecule has 52 heavy (non-hydrogen) atoms. The maximum Gasteiger partial charge on any atom is 0.303 e. The molecule has 2 N–H and O–H groups in total. The van der Waals surface area contributed by atoms with Crippen molar-refractivity contribution >= 4 is 41.7 Å². The summed E-state index contributed by atoms with van der Waals surface area (Å²) in [6.45, 7) is 10.0. The number of hydrogen-bond acceptors (Lipinski definition) is 16. The number of esters is 6. The van der Waals surface area contributed by atoms with E-state index in [2.05, 4.69) is 17.6 Å². The Balaban J connectivity index is 2.62. The van der Waals surface area contributed by atoms with Gasteiger partial charge in [-0.2, -0.15) is 0 Å². The molecule has 1 saturated carbocycles. The second-order valence-corrected chi connectivity index (χ2v) is 13.1. The van der Waals surface area contributed by atoms with Crippen molar-refractivity contribution < 1.29 is 71.5 Å². The maximum atomic E-state index is 12.6. The molecule has 2 rings (SSSR count). The van der Waals surface area contributed by atoms with Gasteiger partial charge in [0.05, 0.1) is 12.6 Å². The molecule has 2 fully saturated rings. The lowest BCUT2D eigenvalue weighted by Crippen LogP contribution is -2.72. The van der Waals surface area contributed by atoms with Crippen LogP contribution in [0.15, 0.2) is 0 Å². The van der Waals surface area contributed by atoms with E-state index in [-0.39, 0.29) is 26.2 Å². The molecule has 0 aromatic rings. The third-order valence-corrected chi connectivity index (χ3v) is 8.49. The van der Waals surface area contributed by atoms with Crippen molar-refractivity contribution in [2.75, 3.05) is 19.8 Å². The van der Waals surface area contributed by atoms with Gasteiger partial charge >= 0.3 is 35.8 Å². The Hall–Kier alpha value is -3.83. The Morgan fingerprint density at radius 2 is 1.12 bits per heavy atom. The maximum absolute atomic E-state index is 12.6. The van der Waals surface area contributed by atoms with Crippen molar-refractivity contribution in [1.82, 2.24) is 10.6 Å². The van der Waals surface area contributed by atoms with Gasteiger partial charge < -0.3 is 48.5 Å². The van der Waals surface area contributed by atoms with Crippen molar-refractivity contribution in [2.24, 2.45) is 5.92 Å². The quantitative estimate of drug-likeness (QED) is 0.109. The Morgan fingerprint density at radius 3 is 1.67 bits per heavy atom. The largest absolute Gasteiger partial charge is 0.465 e. The summed E-state index contributed by atoms with van der Waals surface area (Å²) in [6.07, 6.45) is -1.41. The van der Waals surface area contributed by atoms with E-state index in [0.717, 1.165) is 52.9 Å². The van der Waals surface area contributed by atoms with Crippen LogP contribution in [-0.2, 0) is 71.5 Å². The zero-order chi connectivity index (χ0) is 39.0. The monoisotopic (exact) mass is 744 g/mol. The topological polar surface area (TPSA) is 217 Å². The Morgan fingerprint density at radius 1 is 0.596 bits per heavy atom. The first-order chi connectivity index (χ1) is 24.5. The number of unbranched alkanes of at least 4 members (excludes halogenated alkanes) is 5. The molecule has 2 aliphatic rings. The molecule has 296 valence electrons. The van der Waals surface area contributed by atoms with Crippen molar-refractivity contribution in [3.8, 4) is 0 Å². The van der Waals surface area contributed by atoms with E-state index in [1.165, 1.54) is 27.7 Å². The first-order valence-corrected chi connectivity index (χ1v) is 17.8. The van der Waals surface area contributed by atoms with E-state index in [0.29, 0.717) is 6.42 Å². The van der Waals surface area contributed by atoms with E-state index >= 15 is 0 Å². The van der Waals surface area contributed by atoms with Crippen LogP contribution in [0, 0.1) is 5.92 Å². The Labute approximate surface area is 304 Å². The number of nitrogens with one attached hydrogen (secondary N) is 2. The molecule has 10 atom stereocenters. The third-order valence-electron chi connectivity index (χ3n) is 8.49. The number of carbonyl (C=O) groups excluding carboxylic acids is 7. The van der Waals surface area contributed by atoms with Crippen LogP contribution in [0.3, 0.4) is 0 Å². The molecule has 0 radical (unpaired) electrons. The molecule has 1 saturated heterocycles. The smallest absolute Gasteiger partial charge is 0.303 e. The lowest BCUT2D eigenvalue weighted by Gasteiger charge is -2.50. The van der Waals surface area contributed by atoms with Crippen molar-refractivity contribution in [3.63, 3.8) is 0 Å². The fourth-order valence-corrected chi connectivity index (χ4v) is 6.52. The summed E-state index contributed by atoms with van der Waals surface area (Å²) in [4.78, 5) is 86.1. The summed E-state index contributed by atoms with van der Waals surface area (Å²) >= 11 is 0.